The largest absolute Gasteiger partial charge is 0.367 e. The molecule has 24 heavy (non-hydrogen) atoms. The van der Waals surface area contributed by atoms with E-state index in [1.807, 2.05) is 30.3 Å². The number of nitrogens with zero attached hydrogens (tertiary/aromatic N) is 3. The van der Waals surface area contributed by atoms with Gasteiger partial charge in [0, 0.05) is 19.6 Å². The van der Waals surface area contributed by atoms with Crippen molar-refractivity contribution in [3.63, 3.8) is 0 Å². The Balaban J connectivity index is 1.45. The van der Waals surface area contributed by atoms with Gasteiger partial charge in [-0.25, -0.2) is 4.79 Å². The number of carbonyl (C=O) groups is 1. The highest BCUT2D eigenvalue weighted by Gasteiger charge is 2.24. The molecule has 2 heterocycles. The molecule has 1 unspecified atom stereocenters. The molecule has 0 saturated carbocycles. The summed E-state index contributed by atoms with van der Waals surface area (Å²) in [7, 11) is 0. The fourth-order valence-corrected chi connectivity index (χ4v) is 2.73. The number of rotatable bonds is 5. The molecule has 1 saturated heterocycles. The minimum atomic E-state index is -0.0548. The average molecular weight is 330 g/mol. The second-order valence-electron chi connectivity index (χ2n) is 5.90. The number of hydrogen-bond acceptors (Lipinski definition) is 5. The zero-order valence-corrected chi connectivity index (χ0v) is 13.8. The smallest absolute Gasteiger partial charge is 0.317 e. The fraction of sp³-hybridized carbons (Fsp3) is 0.471. The molecule has 1 N–H and O–H groups in total. The maximum atomic E-state index is 12.3. The zero-order chi connectivity index (χ0) is 16.8. The SMILES string of the molecule is Cc1noc(COC2CCCN(C(=O)NCc3ccccc3)C2)n1. The summed E-state index contributed by atoms with van der Waals surface area (Å²) in [6.45, 7) is 3.91. The predicted molar refractivity (Wildman–Crippen MR) is 87.1 cm³/mol. The van der Waals surface area contributed by atoms with Crippen molar-refractivity contribution in [2.24, 2.45) is 0 Å². The molecule has 0 bridgehead atoms. The first-order chi connectivity index (χ1) is 11.7. The molecule has 1 aromatic carbocycles. The van der Waals surface area contributed by atoms with E-state index in [0.717, 1.165) is 24.9 Å². The summed E-state index contributed by atoms with van der Waals surface area (Å²) in [6.07, 6.45) is 1.84. The lowest BCUT2D eigenvalue weighted by Gasteiger charge is -2.32. The summed E-state index contributed by atoms with van der Waals surface area (Å²) in [6, 6.07) is 9.82. The molecular weight excluding hydrogens is 308 g/mol. The van der Waals surface area contributed by atoms with Crippen LogP contribution in [0.25, 0.3) is 0 Å². The van der Waals surface area contributed by atoms with Crippen LogP contribution in [0.2, 0.25) is 0 Å². The Labute approximate surface area is 141 Å². The van der Waals surface area contributed by atoms with Crippen LogP contribution < -0.4 is 5.32 Å². The van der Waals surface area contributed by atoms with Crippen LogP contribution in [0.4, 0.5) is 4.79 Å². The topological polar surface area (TPSA) is 80.5 Å². The lowest BCUT2D eigenvalue weighted by atomic mass is 10.1. The Kier molecular flexibility index (Phi) is 5.43. The summed E-state index contributed by atoms with van der Waals surface area (Å²) in [4.78, 5) is 18.2. The van der Waals surface area contributed by atoms with Crippen LogP contribution in [0.3, 0.4) is 0 Å². The third-order valence-electron chi connectivity index (χ3n) is 3.96. The quantitative estimate of drug-likeness (QED) is 0.909. The molecule has 2 amide bonds. The van der Waals surface area contributed by atoms with Gasteiger partial charge in [-0.3, -0.25) is 0 Å². The lowest BCUT2D eigenvalue weighted by Crippen LogP contribution is -2.47. The number of nitrogens with one attached hydrogen (secondary N) is 1. The second kappa shape index (κ2) is 7.92. The molecule has 1 aliphatic heterocycles. The van der Waals surface area contributed by atoms with E-state index in [4.69, 9.17) is 9.26 Å². The second-order valence-corrected chi connectivity index (χ2v) is 5.90. The zero-order valence-electron chi connectivity index (χ0n) is 13.8. The van der Waals surface area contributed by atoms with Gasteiger partial charge in [0.25, 0.3) is 5.89 Å². The van der Waals surface area contributed by atoms with Gasteiger partial charge in [0.2, 0.25) is 0 Å². The molecule has 0 spiro atoms. The van der Waals surface area contributed by atoms with E-state index in [-0.39, 0.29) is 18.7 Å². The Morgan fingerprint density at radius 1 is 1.42 bits per heavy atom. The summed E-state index contributed by atoms with van der Waals surface area (Å²) in [5, 5.41) is 6.69. The molecule has 7 nitrogen and oxygen atoms in total. The molecule has 1 atom stereocenters. The number of piperidine rings is 1. The van der Waals surface area contributed by atoms with Crippen molar-refractivity contribution < 1.29 is 14.1 Å². The van der Waals surface area contributed by atoms with E-state index in [1.165, 1.54) is 0 Å². The molecule has 1 aromatic heterocycles. The van der Waals surface area contributed by atoms with E-state index >= 15 is 0 Å². The van der Waals surface area contributed by atoms with Crippen LogP contribution >= 0.6 is 0 Å². The molecule has 0 radical (unpaired) electrons. The lowest BCUT2D eigenvalue weighted by molar-refractivity contribution is -0.0103. The minimum absolute atomic E-state index is 0.00608. The van der Waals surface area contributed by atoms with Crippen LogP contribution in [0.1, 0.15) is 30.1 Å². The maximum Gasteiger partial charge on any atom is 0.317 e. The maximum absolute atomic E-state index is 12.3. The van der Waals surface area contributed by atoms with Crippen molar-refractivity contribution in [3.8, 4) is 0 Å². The Hall–Kier alpha value is -2.41. The van der Waals surface area contributed by atoms with Gasteiger partial charge in [-0.05, 0) is 25.3 Å². The standard InChI is InChI=1S/C17H22N4O3/c1-13-19-16(24-20-13)12-23-15-8-5-9-21(11-15)17(22)18-10-14-6-3-2-4-7-14/h2-4,6-7,15H,5,8-12H2,1H3,(H,18,22). The minimum Gasteiger partial charge on any atom is -0.367 e. The van der Waals surface area contributed by atoms with Crippen LogP contribution in [0.5, 0.6) is 0 Å². The highest BCUT2D eigenvalue weighted by molar-refractivity contribution is 5.74. The van der Waals surface area contributed by atoms with E-state index in [0.29, 0.717) is 24.8 Å². The summed E-state index contributed by atoms with van der Waals surface area (Å²) < 4.78 is 10.8. The number of likely N-dealkylation sites (tertiary alicyclic amines) is 1. The Morgan fingerprint density at radius 2 is 2.25 bits per heavy atom. The van der Waals surface area contributed by atoms with E-state index in [1.54, 1.807) is 11.8 Å². The first-order valence-electron chi connectivity index (χ1n) is 8.18. The van der Waals surface area contributed by atoms with E-state index in [2.05, 4.69) is 15.5 Å². The highest BCUT2D eigenvalue weighted by atomic mass is 16.5. The molecule has 3 rings (SSSR count). The van der Waals surface area contributed by atoms with Crippen LogP contribution in [-0.4, -0.2) is 40.3 Å². The van der Waals surface area contributed by atoms with Crippen LogP contribution in [0, 0.1) is 6.92 Å². The molecule has 7 heteroatoms. The third-order valence-corrected chi connectivity index (χ3v) is 3.96. The van der Waals surface area contributed by atoms with Gasteiger partial charge in [-0.1, -0.05) is 35.5 Å². The number of aromatic nitrogens is 2. The summed E-state index contributed by atoms with van der Waals surface area (Å²) in [5.74, 6) is 1.07. The third kappa shape index (κ3) is 4.55. The van der Waals surface area contributed by atoms with Crippen molar-refractivity contribution in [3.05, 3.63) is 47.6 Å². The highest BCUT2D eigenvalue weighted by Crippen LogP contribution is 2.15. The van der Waals surface area contributed by atoms with Crippen molar-refractivity contribution in [2.75, 3.05) is 13.1 Å². The number of urea groups is 1. The Bertz CT molecular complexity index is 659. The van der Waals surface area contributed by atoms with Gasteiger partial charge >= 0.3 is 6.03 Å². The summed E-state index contributed by atoms with van der Waals surface area (Å²) in [5.41, 5.74) is 1.09. The van der Waals surface area contributed by atoms with Crippen molar-refractivity contribution >= 4 is 6.03 Å². The van der Waals surface area contributed by atoms with Crippen molar-refractivity contribution in [1.29, 1.82) is 0 Å². The van der Waals surface area contributed by atoms with Gasteiger partial charge in [-0.15, -0.1) is 0 Å². The number of benzene rings is 1. The number of ether oxygens (including phenoxy) is 1. The van der Waals surface area contributed by atoms with Gasteiger partial charge in [0.05, 0.1) is 6.10 Å². The van der Waals surface area contributed by atoms with E-state index < -0.39 is 0 Å². The van der Waals surface area contributed by atoms with Gasteiger partial charge in [0.1, 0.15) is 6.61 Å². The molecule has 0 aliphatic carbocycles. The number of aryl methyl sites for hydroxylation is 1. The van der Waals surface area contributed by atoms with Gasteiger partial charge in [0.15, 0.2) is 5.82 Å². The molecule has 2 aromatic rings. The number of carbonyl (C=O) groups excluding carboxylic acids is 1. The molecule has 1 aliphatic rings. The van der Waals surface area contributed by atoms with E-state index in [9.17, 15) is 4.79 Å². The number of amides is 2. The fourth-order valence-electron chi connectivity index (χ4n) is 2.73. The first kappa shape index (κ1) is 16.4. The normalized spacial score (nSPS) is 17.7. The van der Waals surface area contributed by atoms with Gasteiger partial charge in [-0.2, -0.15) is 4.98 Å². The number of hydrogen-bond donors (Lipinski definition) is 1. The Morgan fingerprint density at radius 3 is 3.00 bits per heavy atom. The predicted octanol–water partition coefficient (Wildman–Crippen LogP) is 2.27. The summed E-state index contributed by atoms with van der Waals surface area (Å²) >= 11 is 0. The first-order valence-corrected chi connectivity index (χ1v) is 8.18. The van der Waals surface area contributed by atoms with Crippen LogP contribution in [-0.2, 0) is 17.9 Å². The molecular formula is C17H22N4O3. The van der Waals surface area contributed by atoms with Crippen molar-refractivity contribution in [2.45, 2.75) is 39.0 Å². The monoisotopic (exact) mass is 330 g/mol. The molecule has 1 fully saturated rings. The average Bonchev–Trinajstić information content (AvgIpc) is 3.04. The van der Waals surface area contributed by atoms with Crippen LogP contribution in [0.15, 0.2) is 34.9 Å². The molecule has 128 valence electrons. The van der Waals surface area contributed by atoms with Gasteiger partial charge < -0.3 is 19.5 Å². The van der Waals surface area contributed by atoms with Crippen molar-refractivity contribution in [1.82, 2.24) is 20.4 Å².